The van der Waals surface area contributed by atoms with E-state index in [1.54, 1.807) is 6.92 Å². The highest BCUT2D eigenvalue weighted by molar-refractivity contribution is 5.69. The van der Waals surface area contributed by atoms with Crippen LogP contribution in [0.2, 0.25) is 0 Å². The standard InChI is InChI=1S/C18H33NO3/c1-5-6-7-10-15(2)11-8-13-18(4,19-22)14-9-12-16(3)17(20)21/h10,16H,5-9,11-14H2,1-4H3,(H,20,21)/b15-10+. The Labute approximate surface area is 135 Å². The fourth-order valence-electron chi connectivity index (χ4n) is 2.53. The number of nitrogens with zero attached hydrogens (tertiary/aromatic N) is 1. The number of carboxylic acid groups (broad SMARTS) is 1. The molecule has 4 nitrogen and oxygen atoms in total. The van der Waals surface area contributed by atoms with Gasteiger partial charge in [-0.1, -0.05) is 49.9 Å². The van der Waals surface area contributed by atoms with Gasteiger partial charge in [0.15, 0.2) is 0 Å². The van der Waals surface area contributed by atoms with E-state index in [1.807, 2.05) is 6.92 Å². The largest absolute Gasteiger partial charge is 0.481 e. The molecule has 0 aliphatic carbocycles. The van der Waals surface area contributed by atoms with Gasteiger partial charge in [0.25, 0.3) is 0 Å². The normalized spacial score (nSPS) is 16.1. The van der Waals surface area contributed by atoms with Crippen molar-refractivity contribution in [2.45, 2.75) is 91.0 Å². The number of carboxylic acids is 1. The molecule has 0 aromatic carbocycles. The van der Waals surface area contributed by atoms with Crippen LogP contribution in [0.5, 0.6) is 0 Å². The Morgan fingerprint density at radius 2 is 1.91 bits per heavy atom. The number of hydrogen-bond acceptors (Lipinski definition) is 3. The maximum absolute atomic E-state index is 11.1. The zero-order chi connectivity index (χ0) is 17.0. The molecule has 0 heterocycles. The lowest BCUT2D eigenvalue weighted by atomic mass is 9.88. The zero-order valence-corrected chi connectivity index (χ0v) is 14.7. The lowest BCUT2D eigenvalue weighted by Gasteiger charge is -2.21. The van der Waals surface area contributed by atoms with Crippen molar-refractivity contribution < 1.29 is 9.90 Å². The predicted molar refractivity (Wildman–Crippen MR) is 92.0 cm³/mol. The van der Waals surface area contributed by atoms with E-state index in [-0.39, 0.29) is 5.92 Å². The molecule has 0 aliphatic rings. The second kappa shape index (κ2) is 11.4. The summed E-state index contributed by atoms with van der Waals surface area (Å²) in [6, 6.07) is 0. The smallest absolute Gasteiger partial charge is 0.306 e. The third kappa shape index (κ3) is 9.69. The number of carbonyl (C=O) groups is 1. The molecule has 0 aromatic heterocycles. The van der Waals surface area contributed by atoms with Gasteiger partial charge in [0.05, 0.1) is 11.5 Å². The van der Waals surface area contributed by atoms with E-state index in [0.29, 0.717) is 12.8 Å². The lowest BCUT2D eigenvalue weighted by molar-refractivity contribution is -0.141. The number of hydrogen-bond donors (Lipinski definition) is 1. The van der Waals surface area contributed by atoms with Crippen LogP contribution in [0.15, 0.2) is 16.8 Å². The van der Waals surface area contributed by atoms with Crippen LogP contribution < -0.4 is 0 Å². The summed E-state index contributed by atoms with van der Waals surface area (Å²) in [7, 11) is 0. The van der Waals surface area contributed by atoms with Crippen molar-refractivity contribution in [3.63, 3.8) is 0 Å². The summed E-state index contributed by atoms with van der Waals surface area (Å²) >= 11 is 0. The minimum absolute atomic E-state index is 0.348. The van der Waals surface area contributed by atoms with E-state index in [9.17, 15) is 9.70 Å². The highest BCUT2D eigenvalue weighted by Crippen LogP contribution is 2.27. The third-order valence-corrected chi connectivity index (χ3v) is 4.33. The molecule has 4 heteroatoms. The molecule has 0 saturated heterocycles. The van der Waals surface area contributed by atoms with Gasteiger partial charge in [0, 0.05) is 0 Å². The maximum Gasteiger partial charge on any atom is 0.306 e. The van der Waals surface area contributed by atoms with Crippen LogP contribution >= 0.6 is 0 Å². The molecule has 128 valence electrons. The van der Waals surface area contributed by atoms with Crippen LogP contribution in [0.1, 0.15) is 85.5 Å². The van der Waals surface area contributed by atoms with Crippen molar-refractivity contribution in [3.8, 4) is 0 Å². The average Bonchev–Trinajstić information content (AvgIpc) is 2.47. The molecular weight excluding hydrogens is 278 g/mol. The fraction of sp³-hybridized carbons (Fsp3) is 0.833. The molecule has 0 radical (unpaired) electrons. The Hall–Kier alpha value is -1.19. The van der Waals surface area contributed by atoms with Gasteiger partial charge in [0.2, 0.25) is 0 Å². The van der Waals surface area contributed by atoms with Crippen molar-refractivity contribution in [1.82, 2.24) is 0 Å². The topological polar surface area (TPSA) is 66.7 Å². The van der Waals surface area contributed by atoms with E-state index in [2.05, 4.69) is 25.1 Å². The van der Waals surface area contributed by atoms with Crippen LogP contribution in [-0.2, 0) is 4.79 Å². The Kier molecular flexibility index (Phi) is 10.8. The molecule has 0 bridgehead atoms. The van der Waals surface area contributed by atoms with Crippen molar-refractivity contribution in [1.29, 1.82) is 0 Å². The Balaban J connectivity index is 4.09. The van der Waals surface area contributed by atoms with E-state index < -0.39 is 11.5 Å². The van der Waals surface area contributed by atoms with Crippen LogP contribution in [0.3, 0.4) is 0 Å². The average molecular weight is 311 g/mol. The fourth-order valence-corrected chi connectivity index (χ4v) is 2.53. The van der Waals surface area contributed by atoms with Crippen LogP contribution in [0.4, 0.5) is 0 Å². The summed E-state index contributed by atoms with van der Waals surface area (Å²) < 4.78 is 0. The Morgan fingerprint density at radius 3 is 2.45 bits per heavy atom. The number of aliphatic carboxylic acids is 1. The van der Waals surface area contributed by atoms with Crippen molar-refractivity contribution in [2.24, 2.45) is 11.1 Å². The summed E-state index contributed by atoms with van der Waals surface area (Å²) in [5.74, 6) is -1.12. The van der Waals surface area contributed by atoms with E-state index in [0.717, 1.165) is 32.1 Å². The van der Waals surface area contributed by atoms with Crippen molar-refractivity contribution >= 4 is 5.97 Å². The second-order valence-corrected chi connectivity index (χ2v) is 6.77. The van der Waals surface area contributed by atoms with E-state index >= 15 is 0 Å². The van der Waals surface area contributed by atoms with Crippen LogP contribution in [-0.4, -0.2) is 16.6 Å². The molecule has 0 spiro atoms. The summed E-state index contributed by atoms with van der Waals surface area (Å²) in [6.07, 6.45) is 10.6. The van der Waals surface area contributed by atoms with Gasteiger partial charge in [-0.2, -0.15) is 4.91 Å². The molecule has 22 heavy (non-hydrogen) atoms. The first-order valence-electron chi connectivity index (χ1n) is 8.57. The van der Waals surface area contributed by atoms with Gasteiger partial charge >= 0.3 is 5.97 Å². The highest BCUT2D eigenvalue weighted by atomic mass is 16.4. The van der Waals surface area contributed by atoms with Gasteiger partial charge in [-0.05, 0) is 52.4 Å². The monoisotopic (exact) mass is 311 g/mol. The minimum Gasteiger partial charge on any atom is -0.481 e. The highest BCUT2D eigenvalue weighted by Gasteiger charge is 2.25. The molecular formula is C18H33NO3. The van der Waals surface area contributed by atoms with Crippen LogP contribution in [0.25, 0.3) is 0 Å². The van der Waals surface area contributed by atoms with Gasteiger partial charge in [-0.25, -0.2) is 0 Å². The minimum atomic E-state index is -0.770. The summed E-state index contributed by atoms with van der Waals surface area (Å²) in [4.78, 5) is 21.9. The first-order valence-corrected chi connectivity index (χ1v) is 8.57. The van der Waals surface area contributed by atoms with Gasteiger partial charge < -0.3 is 5.11 Å². The molecule has 2 unspecified atom stereocenters. The van der Waals surface area contributed by atoms with Crippen LogP contribution in [0, 0.1) is 10.8 Å². The maximum atomic E-state index is 11.1. The number of nitroso groups, excluding NO2 is 1. The van der Waals surface area contributed by atoms with Gasteiger partial charge in [-0.3, -0.25) is 4.79 Å². The third-order valence-electron chi connectivity index (χ3n) is 4.33. The molecule has 2 atom stereocenters. The Bertz CT molecular complexity index is 365. The van der Waals surface area contributed by atoms with Gasteiger partial charge in [0.1, 0.15) is 0 Å². The molecule has 0 amide bonds. The first kappa shape index (κ1) is 20.8. The number of rotatable bonds is 13. The molecule has 0 saturated carbocycles. The van der Waals surface area contributed by atoms with E-state index in [4.69, 9.17) is 5.11 Å². The number of allylic oxidation sites excluding steroid dienone is 2. The summed E-state index contributed by atoms with van der Waals surface area (Å²) in [5, 5.41) is 12.2. The predicted octanol–water partition coefficient (Wildman–Crippen LogP) is 5.71. The summed E-state index contributed by atoms with van der Waals surface area (Å²) in [6.45, 7) is 7.94. The first-order chi connectivity index (χ1) is 10.3. The number of unbranched alkanes of at least 4 members (excludes halogenated alkanes) is 2. The Morgan fingerprint density at radius 1 is 1.27 bits per heavy atom. The summed E-state index contributed by atoms with van der Waals surface area (Å²) in [5.41, 5.74) is 0.836. The molecule has 1 N–H and O–H groups in total. The lowest BCUT2D eigenvalue weighted by Crippen LogP contribution is -2.22. The molecule has 0 aromatic rings. The zero-order valence-electron chi connectivity index (χ0n) is 14.7. The quantitative estimate of drug-likeness (QED) is 0.269. The molecule has 0 aliphatic heterocycles. The van der Waals surface area contributed by atoms with Crippen molar-refractivity contribution in [3.05, 3.63) is 16.6 Å². The molecule has 0 rings (SSSR count). The van der Waals surface area contributed by atoms with Crippen molar-refractivity contribution in [2.75, 3.05) is 0 Å². The van der Waals surface area contributed by atoms with E-state index in [1.165, 1.54) is 18.4 Å². The molecule has 0 fully saturated rings. The SMILES string of the molecule is CCCC/C=C(\C)CCCC(C)(CCCC(C)C(=O)O)N=O. The second-order valence-electron chi connectivity index (χ2n) is 6.77. The van der Waals surface area contributed by atoms with Gasteiger partial charge in [-0.15, -0.1) is 0 Å².